The van der Waals surface area contributed by atoms with Gasteiger partial charge in [0.1, 0.15) is 5.75 Å². The number of ether oxygens (including phenoxy) is 1. The minimum Gasteiger partial charge on any atom is -0.494 e. The van der Waals surface area contributed by atoms with E-state index in [1.54, 1.807) is 0 Å². The zero-order valence-electron chi connectivity index (χ0n) is 11.3. The molecule has 5 nitrogen and oxygen atoms in total. The van der Waals surface area contributed by atoms with Gasteiger partial charge in [0, 0.05) is 11.8 Å². The molecule has 5 heteroatoms. The summed E-state index contributed by atoms with van der Waals surface area (Å²) in [6.45, 7) is 2.58. The summed E-state index contributed by atoms with van der Waals surface area (Å²) in [6.07, 6.45) is 0. The summed E-state index contributed by atoms with van der Waals surface area (Å²) in [4.78, 5) is 4.38. The standard InChI is InChI=1S/C15H18N4O/c1-2-20-14-10-6-9-13(11-14)18-15(19-16)17-12-7-4-3-5-8-12/h3-11H,2,16H2,1H3,(H2,17,18,19). The fourth-order valence-corrected chi connectivity index (χ4v) is 1.69. The third kappa shape index (κ3) is 4.00. The summed E-state index contributed by atoms with van der Waals surface area (Å²) < 4.78 is 5.45. The quantitative estimate of drug-likeness (QED) is 0.346. The summed E-state index contributed by atoms with van der Waals surface area (Å²) in [5, 5.41) is 3.11. The average molecular weight is 270 g/mol. The van der Waals surface area contributed by atoms with E-state index in [9.17, 15) is 0 Å². The van der Waals surface area contributed by atoms with Crippen LogP contribution in [0.15, 0.2) is 59.6 Å². The van der Waals surface area contributed by atoms with Crippen molar-refractivity contribution in [2.24, 2.45) is 10.8 Å². The Bertz CT molecular complexity index is 569. The van der Waals surface area contributed by atoms with Crippen molar-refractivity contribution >= 4 is 17.3 Å². The lowest BCUT2D eigenvalue weighted by Gasteiger charge is -2.10. The number of aliphatic imine (C=N–C) groups is 1. The number of hydrazine groups is 1. The van der Waals surface area contributed by atoms with E-state index in [2.05, 4.69) is 15.7 Å². The number of guanidine groups is 1. The molecule has 0 unspecified atom stereocenters. The normalized spacial score (nSPS) is 11.0. The smallest absolute Gasteiger partial charge is 0.215 e. The molecule has 0 spiro atoms. The van der Waals surface area contributed by atoms with Gasteiger partial charge in [-0.3, -0.25) is 5.43 Å². The number of anilines is 1. The second-order valence-electron chi connectivity index (χ2n) is 4.03. The highest BCUT2D eigenvalue weighted by molar-refractivity contribution is 5.95. The molecule has 0 aromatic heterocycles. The van der Waals surface area contributed by atoms with Crippen molar-refractivity contribution < 1.29 is 4.74 Å². The number of hydrogen-bond acceptors (Lipinski definition) is 3. The molecule has 0 aliphatic carbocycles. The van der Waals surface area contributed by atoms with E-state index < -0.39 is 0 Å². The third-order valence-corrected chi connectivity index (χ3v) is 2.54. The second kappa shape index (κ2) is 7.16. The Balaban J connectivity index is 2.14. The second-order valence-corrected chi connectivity index (χ2v) is 4.03. The van der Waals surface area contributed by atoms with Crippen LogP contribution < -0.4 is 21.3 Å². The molecule has 0 radical (unpaired) electrons. The molecular formula is C15H18N4O. The molecule has 104 valence electrons. The Hall–Kier alpha value is -2.53. The lowest BCUT2D eigenvalue weighted by atomic mass is 10.3. The summed E-state index contributed by atoms with van der Waals surface area (Å²) in [7, 11) is 0. The molecule has 0 aliphatic rings. The minimum atomic E-state index is 0.463. The largest absolute Gasteiger partial charge is 0.494 e. The van der Waals surface area contributed by atoms with Crippen LogP contribution in [0.5, 0.6) is 5.75 Å². The van der Waals surface area contributed by atoms with Crippen LogP contribution in [-0.2, 0) is 0 Å². The van der Waals surface area contributed by atoms with E-state index in [1.807, 2.05) is 61.5 Å². The van der Waals surface area contributed by atoms with Crippen LogP contribution in [0, 0.1) is 0 Å². The van der Waals surface area contributed by atoms with Gasteiger partial charge in [-0.1, -0.05) is 24.3 Å². The summed E-state index contributed by atoms with van der Waals surface area (Å²) in [6, 6.07) is 17.2. The molecule has 0 amide bonds. The van der Waals surface area contributed by atoms with Crippen molar-refractivity contribution in [1.82, 2.24) is 5.43 Å². The first-order valence-corrected chi connectivity index (χ1v) is 6.42. The monoisotopic (exact) mass is 270 g/mol. The topological polar surface area (TPSA) is 71.7 Å². The van der Waals surface area contributed by atoms with Gasteiger partial charge < -0.3 is 10.1 Å². The maximum Gasteiger partial charge on any atom is 0.215 e. The Labute approximate surface area is 118 Å². The number of hydrogen-bond donors (Lipinski definition) is 3. The number of rotatable bonds is 4. The van der Waals surface area contributed by atoms with Crippen LogP contribution in [0.2, 0.25) is 0 Å². The van der Waals surface area contributed by atoms with Gasteiger partial charge in [0.05, 0.1) is 12.3 Å². The van der Waals surface area contributed by atoms with Crippen molar-refractivity contribution in [3.63, 3.8) is 0 Å². The van der Waals surface area contributed by atoms with Gasteiger partial charge in [0.15, 0.2) is 0 Å². The molecular weight excluding hydrogens is 252 g/mol. The van der Waals surface area contributed by atoms with Gasteiger partial charge in [-0.2, -0.15) is 0 Å². The zero-order chi connectivity index (χ0) is 14.2. The van der Waals surface area contributed by atoms with Crippen molar-refractivity contribution in [3.05, 3.63) is 54.6 Å². The van der Waals surface area contributed by atoms with Crippen molar-refractivity contribution in [2.45, 2.75) is 6.92 Å². The third-order valence-electron chi connectivity index (χ3n) is 2.54. The minimum absolute atomic E-state index is 0.463. The lowest BCUT2D eigenvalue weighted by molar-refractivity contribution is 0.340. The van der Waals surface area contributed by atoms with E-state index in [1.165, 1.54) is 0 Å². The first kappa shape index (κ1) is 13.9. The average Bonchev–Trinajstić information content (AvgIpc) is 2.48. The van der Waals surface area contributed by atoms with Crippen LogP contribution in [0.25, 0.3) is 0 Å². The van der Waals surface area contributed by atoms with E-state index in [-0.39, 0.29) is 0 Å². The van der Waals surface area contributed by atoms with Crippen LogP contribution in [0.1, 0.15) is 6.92 Å². The van der Waals surface area contributed by atoms with Gasteiger partial charge in [0.25, 0.3) is 0 Å². The highest BCUT2D eigenvalue weighted by atomic mass is 16.5. The van der Waals surface area contributed by atoms with Crippen molar-refractivity contribution in [1.29, 1.82) is 0 Å². The molecule has 0 bridgehead atoms. The van der Waals surface area contributed by atoms with E-state index in [0.29, 0.717) is 12.6 Å². The van der Waals surface area contributed by atoms with Crippen LogP contribution in [0.3, 0.4) is 0 Å². The summed E-state index contributed by atoms with van der Waals surface area (Å²) >= 11 is 0. The van der Waals surface area contributed by atoms with Crippen molar-refractivity contribution in [2.75, 3.05) is 11.9 Å². The number of nitrogens with zero attached hydrogens (tertiary/aromatic N) is 1. The van der Waals surface area contributed by atoms with Gasteiger partial charge in [-0.15, -0.1) is 0 Å². The number of nitrogens with two attached hydrogens (primary N) is 1. The number of benzene rings is 2. The summed E-state index contributed by atoms with van der Waals surface area (Å²) in [5.41, 5.74) is 4.21. The molecule has 2 aromatic rings. The highest BCUT2D eigenvalue weighted by Crippen LogP contribution is 2.17. The van der Waals surface area contributed by atoms with E-state index in [0.717, 1.165) is 17.1 Å². The predicted octanol–water partition coefficient (Wildman–Crippen LogP) is 2.65. The first-order valence-electron chi connectivity index (χ1n) is 6.42. The molecule has 2 aromatic carbocycles. The molecule has 2 rings (SSSR count). The Morgan fingerprint density at radius 1 is 1.15 bits per heavy atom. The van der Waals surface area contributed by atoms with Crippen LogP contribution >= 0.6 is 0 Å². The molecule has 20 heavy (non-hydrogen) atoms. The fourth-order valence-electron chi connectivity index (χ4n) is 1.69. The molecule has 4 N–H and O–H groups in total. The Morgan fingerprint density at radius 2 is 1.95 bits per heavy atom. The highest BCUT2D eigenvalue weighted by Gasteiger charge is 2.00. The number of para-hydroxylation sites is 1. The predicted molar refractivity (Wildman–Crippen MR) is 82.1 cm³/mol. The Morgan fingerprint density at radius 3 is 2.65 bits per heavy atom. The van der Waals surface area contributed by atoms with Crippen LogP contribution in [-0.4, -0.2) is 12.6 Å². The van der Waals surface area contributed by atoms with E-state index in [4.69, 9.17) is 10.6 Å². The fraction of sp³-hybridized carbons (Fsp3) is 0.133. The lowest BCUT2D eigenvalue weighted by Crippen LogP contribution is -2.35. The summed E-state index contributed by atoms with van der Waals surface area (Å²) in [5.74, 6) is 6.75. The molecule has 0 fully saturated rings. The van der Waals surface area contributed by atoms with Gasteiger partial charge in [0.2, 0.25) is 5.96 Å². The molecule has 0 saturated carbocycles. The first-order chi connectivity index (χ1) is 9.81. The van der Waals surface area contributed by atoms with Gasteiger partial charge >= 0.3 is 0 Å². The van der Waals surface area contributed by atoms with E-state index >= 15 is 0 Å². The maximum absolute atomic E-state index is 5.49. The van der Waals surface area contributed by atoms with Crippen molar-refractivity contribution in [3.8, 4) is 5.75 Å². The van der Waals surface area contributed by atoms with Crippen LogP contribution in [0.4, 0.5) is 11.4 Å². The zero-order valence-corrected chi connectivity index (χ0v) is 11.3. The molecule has 0 saturated heterocycles. The molecule has 0 aliphatic heterocycles. The maximum atomic E-state index is 5.49. The number of nitrogens with one attached hydrogen (secondary N) is 2. The Kier molecular flexibility index (Phi) is 4.97. The van der Waals surface area contributed by atoms with Gasteiger partial charge in [-0.25, -0.2) is 10.8 Å². The molecule has 0 heterocycles. The SMILES string of the molecule is CCOc1cccc(NC(=Nc2ccccc2)NN)c1. The molecule has 0 atom stereocenters. The van der Waals surface area contributed by atoms with Gasteiger partial charge in [-0.05, 0) is 31.2 Å².